The fraction of sp³-hybridized carbons (Fsp3) is 0. The highest BCUT2D eigenvalue weighted by atomic mass is 127. The third-order valence-electron chi connectivity index (χ3n) is 2.12. The van der Waals surface area contributed by atoms with E-state index in [4.69, 9.17) is 8.83 Å². The quantitative estimate of drug-likeness (QED) is 0.424. The maximum atomic E-state index is 5.31. The highest BCUT2D eigenvalue weighted by Gasteiger charge is 2.15. The zero-order chi connectivity index (χ0) is 13.4. The van der Waals surface area contributed by atoms with Crippen LogP contribution >= 0.6 is 67.8 Å². The van der Waals surface area contributed by atoms with E-state index in [1.54, 1.807) is 12.5 Å². The molecule has 0 saturated carbocycles. The van der Waals surface area contributed by atoms with Crippen molar-refractivity contribution in [2.75, 3.05) is 0 Å². The van der Waals surface area contributed by atoms with Gasteiger partial charge in [-0.3, -0.25) is 0 Å². The summed E-state index contributed by atoms with van der Waals surface area (Å²) in [6.07, 6.45) is 3.13. The molecular weight excluding hydrogens is 589 g/mol. The molecule has 0 unspecified atom stereocenters. The average Bonchev–Trinajstić information content (AvgIpc) is 2.98. The van der Waals surface area contributed by atoms with E-state index < -0.39 is 0 Å². The molecule has 3 heterocycles. The zero-order valence-electron chi connectivity index (χ0n) is 8.97. The Labute approximate surface area is 148 Å². The Bertz CT molecular complexity index is 740. The second-order valence-corrected chi connectivity index (χ2v) is 6.75. The molecule has 3 aromatic heterocycles. The lowest BCUT2D eigenvalue weighted by Gasteiger charge is -1.99. The largest absolute Gasteiger partial charge is 0.442 e. The first-order chi connectivity index (χ1) is 9.13. The van der Waals surface area contributed by atoms with Crippen molar-refractivity contribution < 1.29 is 8.83 Å². The normalized spacial score (nSPS) is 10.9. The van der Waals surface area contributed by atoms with Gasteiger partial charge in [0.15, 0.2) is 5.69 Å². The molecule has 0 bridgehead atoms. The second-order valence-electron chi connectivity index (χ2n) is 3.38. The summed E-state index contributed by atoms with van der Waals surface area (Å²) in [4.78, 5) is 8.42. The van der Waals surface area contributed by atoms with Gasteiger partial charge in [0.2, 0.25) is 11.8 Å². The number of hydrogen-bond acceptors (Lipinski definition) is 6. The maximum absolute atomic E-state index is 5.31. The SMILES string of the molecule is Ic1coc(-c2cc(I)c(-c3nc(I)co3)nn2)n1. The Balaban J connectivity index is 2.03. The van der Waals surface area contributed by atoms with Gasteiger partial charge >= 0.3 is 0 Å². The van der Waals surface area contributed by atoms with E-state index in [9.17, 15) is 0 Å². The topological polar surface area (TPSA) is 77.8 Å². The van der Waals surface area contributed by atoms with Gasteiger partial charge in [-0.05, 0) is 73.8 Å². The van der Waals surface area contributed by atoms with Crippen LogP contribution in [0.2, 0.25) is 0 Å². The van der Waals surface area contributed by atoms with E-state index in [0.29, 0.717) is 23.2 Å². The Kier molecular flexibility index (Phi) is 4.02. The number of aromatic nitrogens is 4. The fourth-order valence-electron chi connectivity index (χ4n) is 1.35. The van der Waals surface area contributed by atoms with Crippen LogP contribution in [0.4, 0.5) is 0 Å². The molecule has 9 heteroatoms. The molecule has 0 saturated heterocycles. The summed E-state index contributed by atoms with van der Waals surface area (Å²) in [6.45, 7) is 0. The van der Waals surface area contributed by atoms with Gasteiger partial charge in [0.05, 0.1) is 0 Å². The van der Waals surface area contributed by atoms with Crippen LogP contribution in [-0.4, -0.2) is 20.2 Å². The van der Waals surface area contributed by atoms with Gasteiger partial charge in [0.1, 0.15) is 25.6 Å². The summed E-state index contributed by atoms with van der Waals surface area (Å²) in [6, 6.07) is 1.84. The average molecular weight is 592 g/mol. The molecule has 6 nitrogen and oxygen atoms in total. The van der Waals surface area contributed by atoms with Gasteiger partial charge in [-0.25, -0.2) is 9.97 Å². The van der Waals surface area contributed by atoms with Crippen LogP contribution < -0.4 is 0 Å². The summed E-state index contributed by atoms with van der Waals surface area (Å²) in [7, 11) is 0. The van der Waals surface area contributed by atoms with Gasteiger partial charge in [-0.1, -0.05) is 0 Å². The van der Waals surface area contributed by atoms with Crippen molar-refractivity contribution in [2.45, 2.75) is 0 Å². The third-order valence-corrected chi connectivity index (χ3v) is 3.93. The summed E-state index contributed by atoms with van der Waals surface area (Å²) < 4.78 is 13.0. The zero-order valence-corrected chi connectivity index (χ0v) is 15.4. The van der Waals surface area contributed by atoms with Gasteiger partial charge < -0.3 is 8.83 Å². The van der Waals surface area contributed by atoms with Crippen molar-refractivity contribution in [3.05, 3.63) is 29.6 Å². The number of hydrogen-bond donors (Lipinski definition) is 0. The van der Waals surface area contributed by atoms with E-state index in [0.717, 1.165) is 11.0 Å². The Morgan fingerprint density at radius 3 is 2.00 bits per heavy atom. The standard InChI is InChI=1S/C10H3I3N4O2/c11-4-1-5(9-14-6(12)2-18-9)16-17-8(4)10-15-7(13)3-19-10/h1-3H. The van der Waals surface area contributed by atoms with Crippen LogP contribution in [0.15, 0.2) is 27.4 Å². The van der Waals surface area contributed by atoms with Crippen LogP contribution in [0.1, 0.15) is 0 Å². The number of rotatable bonds is 2. The molecule has 0 spiro atoms. The highest BCUT2D eigenvalue weighted by molar-refractivity contribution is 14.1. The minimum atomic E-state index is 0.448. The van der Waals surface area contributed by atoms with E-state index in [1.807, 2.05) is 6.07 Å². The monoisotopic (exact) mass is 592 g/mol. The number of nitrogens with zero attached hydrogens (tertiary/aromatic N) is 4. The predicted molar refractivity (Wildman–Crippen MR) is 91.2 cm³/mol. The maximum Gasteiger partial charge on any atom is 0.249 e. The van der Waals surface area contributed by atoms with Crippen molar-refractivity contribution in [1.82, 2.24) is 20.2 Å². The minimum absolute atomic E-state index is 0.448. The molecule has 3 rings (SSSR count). The molecule has 0 fully saturated rings. The van der Waals surface area contributed by atoms with Gasteiger partial charge in [0.25, 0.3) is 0 Å². The summed E-state index contributed by atoms with van der Waals surface area (Å²) in [5, 5.41) is 8.22. The van der Waals surface area contributed by atoms with Crippen LogP contribution in [0.3, 0.4) is 0 Å². The van der Waals surface area contributed by atoms with Crippen molar-refractivity contribution in [2.24, 2.45) is 0 Å². The molecule has 0 aliphatic heterocycles. The molecule has 0 aliphatic rings. The first-order valence-electron chi connectivity index (χ1n) is 4.89. The molecule has 0 aliphatic carbocycles. The molecule has 3 aromatic rings. The molecule has 0 aromatic carbocycles. The van der Waals surface area contributed by atoms with Crippen LogP contribution in [0.5, 0.6) is 0 Å². The lowest BCUT2D eigenvalue weighted by molar-refractivity contribution is 0.565. The molecule has 19 heavy (non-hydrogen) atoms. The lowest BCUT2D eigenvalue weighted by atomic mass is 10.3. The van der Waals surface area contributed by atoms with Crippen molar-refractivity contribution in [1.29, 1.82) is 0 Å². The molecule has 0 amide bonds. The van der Waals surface area contributed by atoms with Crippen LogP contribution in [0.25, 0.3) is 23.2 Å². The molecule has 0 atom stereocenters. The first-order valence-corrected chi connectivity index (χ1v) is 8.13. The number of halogens is 3. The van der Waals surface area contributed by atoms with Crippen molar-refractivity contribution >= 4 is 67.8 Å². The predicted octanol–water partition coefficient (Wildman–Crippen LogP) is 3.60. The molecule has 96 valence electrons. The molecule has 0 radical (unpaired) electrons. The smallest absolute Gasteiger partial charge is 0.249 e. The summed E-state index contributed by atoms with van der Waals surface area (Å²) >= 11 is 6.31. The van der Waals surface area contributed by atoms with E-state index in [-0.39, 0.29) is 0 Å². The van der Waals surface area contributed by atoms with Gasteiger partial charge in [-0.2, -0.15) is 0 Å². The van der Waals surface area contributed by atoms with E-state index in [1.165, 1.54) is 0 Å². The van der Waals surface area contributed by atoms with Crippen LogP contribution in [0, 0.1) is 11.0 Å². The summed E-state index contributed by atoms with van der Waals surface area (Å²) in [5.41, 5.74) is 1.19. The number of oxazole rings is 2. The Hall–Kier alpha value is -0.310. The molecule has 0 N–H and O–H groups in total. The minimum Gasteiger partial charge on any atom is -0.442 e. The molecular formula is C10H3I3N4O2. The van der Waals surface area contributed by atoms with Crippen molar-refractivity contribution in [3.8, 4) is 23.2 Å². The second kappa shape index (κ2) is 5.59. The Morgan fingerprint density at radius 2 is 1.47 bits per heavy atom. The fourth-order valence-corrected chi connectivity index (χ4v) is 2.68. The highest BCUT2D eigenvalue weighted by Crippen LogP contribution is 2.25. The van der Waals surface area contributed by atoms with Gasteiger partial charge in [-0.15, -0.1) is 10.2 Å². The first kappa shape index (κ1) is 13.7. The Morgan fingerprint density at radius 1 is 0.842 bits per heavy atom. The third kappa shape index (κ3) is 2.91. The van der Waals surface area contributed by atoms with E-state index >= 15 is 0 Å². The van der Waals surface area contributed by atoms with Crippen molar-refractivity contribution in [3.63, 3.8) is 0 Å². The van der Waals surface area contributed by atoms with Crippen LogP contribution in [-0.2, 0) is 0 Å². The van der Waals surface area contributed by atoms with E-state index in [2.05, 4.69) is 87.9 Å². The summed E-state index contributed by atoms with van der Waals surface area (Å²) in [5.74, 6) is 0.901. The van der Waals surface area contributed by atoms with Gasteiger partial charge in [0, 0.05) is 3.57 Å². The lowest BCUT2D eigenvalue weighted by Crippen LogP contribution is -1.95.